The molecular formula is C11H21Cl4O5P. The normalized spacial score (nSPS) is 18.2. The summed E-state index contributed by atoms with van der Waals surface area (Å²) < 4.78 is 27.9. The van der Waals surface area contributed by atoms with Crippen LogP contribution in [0.1, 0.15) is 13.8 Å². The Labute approximate surface area is 145 Å². The molecule has 0 amide bonds. The number of hydrogen-bond donors (Lipinski definition) is 1. The molecule has 0 fully saturated rings. The highest BCUT2D eigenvalue weighted by molar-refractivity contribution is 7.48. The van der Waals surface area contributed by atoms with E-state index in [-0.39, 0.29) is 38.2 Å². The van der Waals surface area contributed by atoms with Gasteiger partial charge in [0.15, 0.2) is 0 Å². The van der Waals surface area contributed by atoms with Crippen molar-refractivity contribution in [3.05, 3.63) is 0 Å². The number of halogens is 4. The molecule has 0 spiro atoms. The topological polar surface area (TPSA) is 65.0 Å². The molecule has 0 aliphatic heterocycles. The Morgan fingerprint density at radius 2 is 1.48 bits per heavy atom. The molecule has 0 rings (SSSR count). The molecule has 10 heteroatoms. The minimum Gasteiger partial charge on any atom is -0.396 e. The lowest BCUT2D eigenvalue weighted by atomic mass is 9.97. The Kier molecular flexibility index (Phi) is 11.5. The molecule has 2 atom stereocenters. The van der Waals surface area contributed by atoms with Crippen molar-refractivity contribution in [3.63, 3.8) is 0 Å². The number of phosphoric ester groups is 1. The number of phosphoric acid groups is 1. The summed E-state index contributed by atoms with van der Waals surface area (Å²) >= 11 is 22.7. The summed E-state index contributed by atoms with van der Waals surface area (Å²) in [5, 5.41) is 8.12. The van der Waals surface area contributed by atoms with Crippen LogP contribution in [0, 0.1) is 5.41 Å². The first-order chi connectivity index (χ1) is 9.68. The van der Waals surface area contributed by atoms with E-state index in [1.807, 2.05) is 0 Å². The molecule has 1 N–H and O–H groups in total. The van der Waals surface area contributed by atoms with E-state index in [1.54, 1.807) is 13.8 Å². The van der Waals surface area contributed by atoms with Crippen LogP contribution in [0.3, 0.4) is 0 Å². The second-order valence-electron chi connectivity index (χ2n) is 5.14. The molecule has 0 aromatic heterocycles. The van der Waals surface area contributed by atoms with Crippen molar-refractivity contribution < 1.29 is 23.2 Å². The molecule has 0 radical (unpaired) electrons. The summed E-state index contributed by atoms with van der Waals surface area (Å²) in [5.41, 5.74) is -0.595. The zero-order valence-corrected chi connectivity index (χ0v) is 15.9. The van der Waals surface area contributed by atoms with E-state index >= 15 is 0 Å². The Hall–Kier alpha value is 1.23. The van der Waals surface area contributed by atoms with E-state index < -0.39 is 24.0 Å². The maximum atomic E-state index is 12.5. The van der Waals surface area contributed by atoms with Crippen molar-refractivity contribution in [2.75, 3.05) is 38.2 Å². The van der Waals surface area contributed by atoms with E-state index in [9.17, 15) is 9.67 Å². The Morgan fingerprint density at radius 3 is 1.81 bits per heavy atom. The maximum Gasteiger partial charge on any atom is 0.474 e. The van der Waals surface area contributed by atoms with Gasteiger partial charge in [0.2, 0.25) is 0 Å². The van der Waals surface area contributed by atoms with Crippen molar-refractivity contribution in [1.29, 1.82) is 0 Å². The van der Waals surface area contributed by atoms with E-state index in [0.717, 1.165) is 0 Å². The number of alkyl halides is 4. The van der Waals surface area contributed by atoms with Gasteiger partial charge in [-0.3, -0.25) is 13.6 Å². The molecule has 0 heterocycles. The van der Waals surface area contributed by atoms with Gasteiger partial charge in [0.05, 0.1) is 37.2 Å². The fourth-order valence-electron chi connectivity index (χ4n) is 0.845. The molecule has 0 aliphatic rings. The average Bonchev–Trinajstić information content (AvgIpc) is 2.48. The lowest BCUT2D eigenvalue weighted by Crippen LogP contribution is -2.24. The van der Waals surface area contributed by atoms with E-state index in [4.69, 9.17) is 60.0 Å². The summed E-state index contributed by atoms with van der Waals surface area (Å²) in [5.74, 6) is 0.257. The first kappa shape index (κ1) is 22.2. The minimum absolute atomic E-state index is 0.0254. The van der Waals surface area contributed by atoms with Crippen LogP contribution in [-0.4, -0.2) is 54.0 Å². The van der Waals surface area contributed by atoms with Gasteiger partial charge >= 0.3 is 7.82 Å². The zero-order valence-electron chi connectivity index (χ0n) is 11.9. The second kappa shape index (κ2) is 10.9. The molecular weight excluding hydrogens is 385 g/mol. The van der Waals surface area contributed by atoms with Gasteiger partial charge in [-0.2, -0.15) is 0 Å². The van der Waals surface area contributed by atoms with Crippen LogP contribution in [-0.2, 0) is 18.1 Å². The molecule has 0 saturated carbocycles. The predicted octanol–water partition coefficient (Wildman–Crippen LogP) is 3.86. The molecule has 0 aliphatic carbocycles. The average molecular weight is 406 g/mol. The first-order valence-electron chi connectivity index (χ1n) is 6.22. The Balaban J connectivity index is 4.62. The van der Waals surface area contributed by atoms with Crippen LogP contribution in [0.25, 0.3) is 0 Å². The standard InChI is InChI=1S/C11H21Cl4O5P/c1-11(2,7-16)8-20-21(17,18-5-9(14)3-12)19-6-10(15)4-13/h9-10,16H,3-8H2,1-2H3. The van der Waals surface area contributed by atoms with Gasteiger partial charge in [0.25, 0.3) is 0 Å². The summed E-state index contributed by atoms with van der Waals surface area (Å²) in [4.78, 5) is 0. The van der Waals surface area contributed by atoms with E-state index in [1.165, 1.54) is 0 Å². The molecule has 0 saturated heterocycles. The fourth-order valence-corrected chi connectivity index (χ4v) is 2.78. The van der Waals surface area contributed by atoms with Gasteiger partial charge in [-0.15, -0.1) is 46.4 Å². The Bertz CT molecular complexity index is 314. The van der Waals surface area contributed by atoms with Crippen molar-refractivity contribution in [1.82, 2.24) is 0 Å². The van der Waals surface area contributed by atoms with Gasteiger partial charge in [0, 0.05) is 17.2 Å². The lowest BCUT2D eigenvalue weighted by Gasteiger charge is -2.25. The smallest absolute Gasteiger partial charge is 0.396 e. The fraction of sp³-hybridized carbons (Fsp3) is 1.00. The van der Waals surface area contributed by atoms with Crippen LogP contribution in [0.2, 0.25) is 0 Å². The van der Waals surface area contributed by atoms with Crippen molar-refractivity contribution in [2.24, 2.45) is 5.41 Å². The third-order valence-corrected chi connectivity index (χ3v) is 5.20. The SMILES string of the molecule is CC(C)(CO)COP(=O)(OCC(Cl)CCl)OCC(Cl)CCl. The van der Waals surface area contributed by atoms with E-state index in [0.29, 0.717) is 0 Å². The monoisotopic (exact) mass is 404 g/mol. The summed E-state index contributed by atoms with van der Waals surface area (Å²) in [7, 11) is -3.86. The van der Waals surface area contributed by atoms with Crippen LogP contribution >= 0.6 is 54.2 Å². The molecule has 0 aromatic rings. The molecule has 5 nitrogen and oxygen atoms in total. The molecule has 21 heavy (non-hydrogen) atoms. The Morgan fingerprint density at radius 1 is 1.05 bits per heavy atom. The number of aliphatic hydroxyl groups is 1. The number of rotatable bonds is 12. The molecule has 0 bridgehead atoms. The molecule has 2 unspecified atom stereocenters. The van der Waals surface area contributed by atoms with Crippen LogP contribution in [0.15, 0.2) is 0 Å². The second-order valence-corrected chi connectivity index (χ2v) is 8.66. The lowest BCUT2D eigenvalue weighted by molar-refractivity contribution is 0.0539. The maximum absolute atomic E-state index is 12.5. The third kappa shape index (κ3) is 10.6. The quantitative estimate of drug-likeness (QED) is 0.394. The van der Waals surface area contributed by atoms with Gasteiger partial charge in [0.1, 0.15) is 0 Å². The molecule has 128 valence electrons. The van der Waals surface area contributed by atoms with E-state index in [2.05, 4.69) is 0 Å². The number of aliphatic hydroxyl groups excluding tert-OH is 1. The summed E-state index contributed by atoms with van der Waals surface area (Å²) in [6, 6.07) is 0. The van der Waals surface area contributed by atoms with Gasteiger partial charge in [-0.05, 0) is 0 Å². The zero-order chi connectivity index (χ0) is 16.5. The van der Waals surface area contributed by atoms with Crippen LogP contribution in [0.4, 0.5) is 0 Å². The van der Waals surface area contributed by atoms with Gasteiger partial charge in [-0.1, -0.05) is 13.8 Å². The summed E-state index contributed by atoms with van der Waals surface area (Å²) in [6.45, 7) is 3.10. The highest BCUT2D eigenvalue weighted by Crippen LogP contribution is 2.51. The predicted molar refractivity (Wildman–Crippen MR) is 87.1 cm³/mol. The van der Waals surface area contributed by atoms with Gasteiger partial charge < -0.3 is 5.11 Å². The van der Waals surface area contributed by atoms with Crippen molar-refractivity contribution >= 4 is 54.2 Å². The van der Waals surface area contributed by atoms with Crippen molar-refractivity contribution in [2.45, 2.75) is 24.6 Å². The van der Waals surface area contributed by atoms with Crippen LogP contribution < -0.4 is 0 Å². The number of hydrogen-bond acceptors (Lipinski definition) is 5. The highest BCUT2D eigenvalue weighted by atomic mass is 35.5. The first-order valence-corrected chi connectivity index (χ1v) is 9.63. The van der Waals surface area contributed by atoms with Gasteiger partial charge in [-0.25, -0.2) is 4.57 Å². The third-order valence-electron chi connectivity index (χ3n) is 2.20. The van der Waals surface area contributed by atoms with Crippen molar-refractivity contribution in [3.8, 4) is 0 Å². The molecule has 0 aromatic carbocycles. The summed E-state index contributed by atoms with van der Waals surface area (Å²) in [6.07, 6.45) is 0. The van der Waals surface area contributed by atoms with Crippen LogP contribution in [0.5, 0.6) is 0 Å². The highest BCUT2D eigenvalue weighted by Gasteiger charge is 2.32. The largest absolute Gasteiger partial charge is 0.474 e. The minimum atomic E-state index is -3.86.